The number of hydrogen-bond donors (Lipinski definition) is 0. The summed E-state index contributed by atoms with van der Waals surface area (Å²) >= 11 is 0. The van der Waals surface area contributed by atoms with Gasteiger partial charge >= 0.3 is 0 Å². The Morgan fingerprint density at radius 1 is 1.17 bits per heavy atom. The van der Waals surface area contributed by atoms with Crippen LogP contribution >= 0.6 is 0 Å². The Kier molecular flexibility index (Phi) is 3.80. The minimum atomic E-state index is -3.51. The van der Waals surface area contributed by atoms with E-state index in [1.807, 2.05) is 10.9 Å². The van der Waals surface area contributed by atoms with Crippen LogP contribution in [0.4, 0.5) is 0 Å². The molecule has 1 aromatic carbocycles. The third-order valence-corrected chi connectivity index (χ3v) is 7.07. The molecule has 2 aromatic rings. The summed E-state index contributed by atoms with van der Waals surface area (Å²) in [6.07, 6.45) is 6.89. The normalized spacial score (nSPS) is 27.3. The Hall–Kier alpha value is -1.93. The van der Waals surface area contributed by atoms with E-state index in [-0.39, 0.29) is 18.1 Å². The van der Waals surface area contributed by atoms with E-state index in [1.54, 1.807) is 41.9 Å². The van der Waals surface area contributed by atoms with E-state index < -0.39 is 10.0 Å². The molecule has 2 bridgehead atoms. The van der Waals surface area contributed by atoms with Gasteiger partial charge in [0.2, 0.25) is 10.0 Å². The number of nitrogens with zero attached hydrogens (tertiary/aromatic N) is 4. The first-order valence-electron chi connectivity index (χ1n) is 8.13. The third-order valence-electron chi connectivity index (χ3n) is 5.07. The fourth-order valence-electron chi connectivity index (χ4n) is 4.01. The highest BCUT2D eigenvalue weighted by atomic mass is 32.2. The predicted molar refractivity (Wildman–Crippen MR) is 87.1 cm³/mol. The molecular formula is C16H20N4O3S. The van der Waals surface area contributed by atoms with Gasteiger partial charge in [-0.2, -0.15) is 4.31 Å². The molecule has 2 aliphatic rings. The van der Waals surface area contributed by atoms with Crippen LogP contribution in [0.15, 0.2) is 41.6 Å². The molecule has 7 nitrogen and oxygen atoms in total. The Balaban J connectivity index is 1.63. The van der Waals surface area contributed by atoms with E-state index in [2.05, 4.69) is 10.3 Å². The lowest BCUT2D eigenvalue weighted by molar-refractivity contribution is 0.183. The first-order valence-corrected chi connectivity index (χ1v) is 9.57. The van der Waals surface area contributed by atoms with Gasteiger partial charge in [0.15, 0.2) is 0 Å². The van der Waals surface area contributed by atoms with E-state index in [0.717, 1.165) is 25.7 Å². The van der Waals surface area contributed by atoms with Crippen molar-refractivity contribution in [1.82, 2.24) is 19.3 Å². The van der Waals surface area contributed by atoms with Gasteiger partial charge in [-0.1, -0.05) is 11.3 Å². The summed E-state index contributed by atoms with van der Waals surface area (Å²) in [6.45, 7) is 0. The van der Waals surface area contributed by atoms with Crippen molar-refractivity contribution in [3.8, 4) is 5.75 Å². The van der Waals surface area contributed by atoms with Crippen LogP contribution in [0.1, 0.15) is 31.7 Å². The number of methoxy groups -OCH3 is 1. The van der Waals surface area contributed by atoms with E-state index in [1.165, 1.54) is 0 Å². The summed E-state index contributed by atoms with van der Waals surface area (Å²) in [5, 5.41) is 7.96. The zero-order chi connectivity index (χ0) is 16.7. The van der Waals surface area contributed by atoms with E-state index in [9.17, 15) is 8.42 Å². The van der Waals surface area contributed by atoms with Crippen LogP contribution < -0.4 is 4.74 Å². The van der Waals surface area contributed by atoms with Gasteiger partial charge in [-0.15, -0.1) is 5.10 Å². The number of hydrogen-bond acceptors (Lipinski definition) is 5. The molecule has 2 atom stereocenters. The molecule has 0 spiro atoms. The van der Waals surface area contributed by atoms with E-state index in [0.29, 0.717) is 10.6 Å². The lowest BCUT2D eigenvalue weighted by Gasteiger charge is -2.37. The molecule has 0 amide bonds. The highest BCUT2D eigenvalue weighted by Gasteiger charge is 2.47. The smallest absolute Gasteiger partial charge is 0.243 e. The van der Waals surface area contributed by atoms with E-state index in [4.69, 9.17) is 4.74 Å². The largest absolute Gasteiger partial charge is 0.497 e. The average Bonchev–Trinajstić information content (AvgIpc) is 3.22. The number of aromatic nitrogens is 3. The molecule has 128 valence electrons. The van der Waals surface area contributed by atoms with Crippen molar-refractivity contribution in [2.75, 3.05) is 7.11 Å². The van der Waals surface area contributed by atoms with Gasteiger partial charge in [0.05, 0.1) is 24.2 Å². The first kappa shape index (κ1) is 15.6. The first-order chi connectivity index (χ1) is 11.6. The summed E-state index contributed by atoms with van der Waals surface area (Å²) in [5.41, 5.74) is 0. The molecule has 0 aliphatic carbocycles. The van der Waals surface area contributed by atoms with Crippen molar-refractivity contribution in [2.24, 2.45) is 0 Å². The molecule has 0 radical (unpaired) electrons. The highest BCUT2D eigenvalue weighted by molar-refractivity contribution is 7.89. The summed E-state index contributed by atoms with van der Waals surface area (Å²) < 4.78 is 35.0. The fraction of sp³-hybridized carbons (Fsp3) is 0.500. The van der Waals surface area contributed by atoms with Crippen molar-refractivity contribution < 1.29 is 13.2 Å². The number of sulfonamides is 1. The summed E-state index contributed by atoms with van der Waals surface area (Å²) in [5.74, 6) is 0.556. The quantitative estimate of drug-likeness (QED) is 0.843. The maximum absolute atomic E-state index is 13.1. The molecule has 3 heterocycles. The summed E-state index contributed by atoms with van der Waals surface area (Å²) in [7, 11) is -1.97. The second-order valence-corrected chi connectivity index (χ2v) is 8.25. The Bertz CT molecular complexity index is 808. The van der Waals surface area contributed by atoms with Crippen LogP contribution in [-0.2, 0) is 10.0 Å². The summed E-state index contributed by atoms with van der Waals surface area (Å²) in [4.78, 5) is 0.304. The van der Waals surface area contributed by atoms with Gasteiger partial charge in [-0.3, -0.25) is 0 Å². The minimum Gasteiger partial charge on any atom is -0.497 e. The van der Waals surface area contributed by atoms with Crippen molar-refractivity contribution in [3.05, 3.63) is 36.7 Å². The van der Waals surface area contributed by atoms with Crippen molar-refractivity contribution in [2.45, 2.75) is 48.7 Å². The molecular weight excluding hydrogens is 328 g/mol. The lowest BCUT2D eigenvalue weighted by Crippen LogP contribution is -2.46. The molecule has 8 heteroatoms. The second kappa shape index (κ2) is 5.86. The zero-order valence-corrected chi connectivity index (χ0v) is 14.3. The van der Waals surface area contributed by atoms with Crippen molar-refractivity contribution in [3.63, 3.8) is 0 Å². The van der Waals surface area contributed by atoms with Gasteiger partial charge in [0.25, 0.3) is 0 Å². The van der Waals surface area contributed by atoms with Gasteiger partial charge < -0.3 is 4.74 Å². The van der Waals surface area contributed by atoms with Crippen LogP contribution in [0, 0.1) is 0 Å². The Labute approximate surface area is 141 Å². The third kappa shape index (κ3) is 2.50. The van der Waals surface area contributed by atoms with Crippen LogP contribution in [0.25, 0.3) is 0 Å². The molecule has 0 saturated carbocycles. The van der Waals surface area contributed by atoms with E-state index >= 15 is 0 Å². The number of piperidine rings is 1. The standard InChI is InChI=1S/C16H20N4O3S/c1-23-15-3-2-4-16(11-15)24(21,22)20-12-5-6-13(20)10-14(9-12)19-8-7-17-18-19/h2-4,7-8,11-14H,5-6,9-10H2,1H3. The average molecular weight is 348 g/mol. The van der Waals surface area contributed by atoms with Crippen LogP contribution in [0.5, 0.6) is 5.75 Å². The van der Waals surface area contributed by atoms with Gasteiger partial charge in [-0.25, -0.2) is 13.1 Å². The molecule has 1 aromatic heterocycles. The van der Waals surface area contributed by atoms with Crippen LogP contribution in [0.3, 0.4) is 0 Å². The molecule has 2 fully saturated rings. The maximum Gasteiger partial charge on any atom is 0.243 e. The fourth-order valence-corrected chi connectivity index (χ4v) is 5.94. The maximum atomic E-state index is 13.1. The van der Waals surface area contributed by atoms with Crippen molar-refractivity contribution >= 4 is 10.0 Å². The number of ether oxygens (including phenoxy) is 1. The highest BCUT2D eigenvalue weighted by Crippen LogP contribution is 2.43. The molecule has 2 aliphatic heterocycles. The minimum absolute atomic E-state index is 0.0224. The van der Waals surface area contributed by atoms with Crippen molar-refractivity contribution in [1.29, 1.82) is 0 Å². The molecule has 2 saturated heterocycles. The van der Waals surface area contributed by atoms with Gasteiger partial charge in [0.1, 0.15) is 5.75 Å². The molecule has 2 unspecified atom stereocenters. The van der Waals surface area contributed by atoms with Gasteiger partial charge in [0, 0.05) is 24.3 Å². The number of benzene rings is 1. The molecule has 4 rings (SSSR count). The zero-order valence-electron chi connectivity index (χ0n) is 13.4. The predicted octanol–water partition coefficient (Wildman–Crippen LogP) is 1.84. The van der Waals surface area contributed by atoms with Crippen LogP contribution in [-0.4, -0.2) is 46.9 Å². The number of rotatable bonds is 4. The molecule has 24 heavy (non-hydrogen) atoms. The van der Waals surface area contributed by atoms with Crippen LogP contribution in [0.2, 0.25) is 0 Å². The Morgan fingerprint density at radius 3 is 2.54 bits per heavy atom. The monoisotopic (exact) mass is 348 g/mol. The SMILES string of the molecule is COc1cccc(S(=O)(=O)N2C3CCC2CC(n2ccnn2)C3)c1. The topological polar surface area (TPSA) is 77.3 Å². The second-order valence-electron chi connectivity index (χ2n) is 6.41. The molecule has 0 N–H and O–H groups in total. The lowest BCUT2D eigenvalue weighted by atomic mass is 10.00. The Morgan fingerprint density at radius 2 is 1.92 bits per heavy atom. The van der Waals surface area contributed by atoms with Gasteiger partial charge in [-0.05, 0) is 37.8 Å². The summed E-state index contributed by atoms with van der Waals surface area (Å²) in [6, 6.07) is 6.98. The number of fused-ring (bicyclic) bond motifs is 2.